The molecule has 0 radical (unpaired) electrons. The lowest BCUT2D eigenvalue weighted by atomic mass is 9.83. The van der Waals surface area contributed by atoms with Crippen LogP contribution in [0.3, 0.4) is 0 Å². The molecule has 140 valence electrons. The van der Waals surface area contributed by atoms with Crippen molar-refractivity contribution < 1.29 is 23.8 Å². The Morgan fingerprint density at radius 3 is 1.92 bits per heavy atom. The lowest BCUT2D eigenvalue weighted by molar-refractivity contribution is -0.209. The largest absolute Gasteiger partial charge is 0.463 e. The first-order valence-electron chi connectivity index (χ1n) is 8.54. The Morgan fingerprint density at radius 1 is 0.958 bits per heavy atom. The molecule has 0 saturated carbocycles. The maximum atomic E-state index is 12.1. The zero-order valence-electron chi connectivity index (χ0n) is 16.2. The van der Waals surface area contributed by atoms with Gasteiger partial charge in [-0.2, -0.15) is 0 Å². The minimum atomic E-state index is -0.735. The predicted molar refractivity (Wildman–Crippen MR) is 90.9 cm³/mol. The van der Waals surface area contributed by atoms with Gasteiger partial charge in [-0.25, -0.2) is 0 Å². The number of esters is 2. The third-order valence-corrected chi connectivity index (χ3v) is 4.44. The smallest absolute Gasteiger partial charge is 0.311 e. The summed E-state index contributed by atoms with van der Waals surface area (Å²) >= 11 is 0. The molecule has 0 amide bonds. The van der Waals surface area contributed by atoms with E-state index in [0.717, 1.165) is 0 Å². The summed E-state index contributed by atoms with van der Waals surface area (Å²) in [7, 11) is 0. The van der Waals surface area contributed by atoms with Crippen LogP contribution in [0.15, 0.2) is 0 Å². The summed E-state index contributed by atoms with van der Waals surface area (Å²) in [5.74, 6) is -0.544. The quantitative estimate of drug-likeness (QED) is 0.792. The van der Waals surface area contributed by atoms with E-state index in [0.29, 0.717) is 0 Å². The van der Waals surface area contributed by atoms with E-state index in [1.54, 1.807) is 41.5 Å². The number of hydrogen-bond donors (Lipinski definition) is 1. The highest BCUT2D eigenvalue weighted by molar-refractivity contribution is 5.76. The van der Waals surface area contributed by atoms with Crippen LogP contribution < -0.4 is 5.73 Å². The Balaban J connectivity index is 2.70. The Kier molecular flexibility index (Phi) is 6.44. The molecule has 2 N–H and O–H groups in total. The van der Waals surface area contributed by atoms with E-state index in [4.69, 9.17) is 19.9 Å². The molecule has 5 unspecified atom stereocenters. The standard InChI is InChI=1S/C18H33NO5/c1-10-11(2)13(24-16(21)18(6,7)8)14(19)23-12(10)9-22-15(20)17(3,4)5/h10-14H,9,19H2,1-8H3. The second kappa shape index (κ2) is 7.40. The molecular formula is C18H33NO5. The van der Waals surface area contributed by atoms with Crippen LogP contribution in [-0.4, -0.2) is 37.0 Å². The van der Waals surface area contributed by atoms with E-state index < -0.39 is 23.2 Å². The fraction of sp³-hybridized carbons (Fsp3) is 0.889. The van der Waals surface area contributed by atoms with Gasteiger partial charge in [0.05, 0.1) is 16.9 Å². The number of nitrogens with two attached hydrogens (primary N) is 1. The maximum Gasteiger partial charge on any atom is 0.311 e. The van der Waals surface area contributed by atoms with E-state index in [-0.39, 0.29) is 36.5 Å². The van der Waals surface area contributed by atoms with Gasteiger partial charge in [0.1, 0.15) is 18.9 Å². The summed E-state index contributed by atoms with van der Waals surface area (Å²) in [6.45, 7) is 14.9. The van der Waals surface area contributed by atoms with Crippen LogP contribution in [0.4, 0.5) is 0 Å². The fourth-order valence-electron chi connectivity index (χ4n) is 2.38. The zero-order chi connectivity index (χ0) is 18.9. The number of rotatable bonds is 3. The van der Waals surface area contributed by atoms with Crippen molar-refractivity contribution in [3.8, 4) is 0 Å². The minimum Gasteiger partial charge on any atom is -0.463 e. The third kappa shape index (κ3) is 5.18. The number of carbonyl (C=O) groups is 2. The SMILES string of the molecule is CC1C(COC(=O)C(C)(C)C)OC(N)C(OC(=O)C(C)(C)C)C1C. The molecule has 1 rings (SSSR count). The van der Waals surface area contributed by atoms with Gasteiger partial charge in [-0.05, 0) is 47.5 Å². The molecule has 0 aromatic heterocycles. The van der Waals surface area contributed by atoms with Gasteiger partial charge in [0, 0.05) is 5.92 Å². The molecular weight excluding hydrogens is 310 g/mol. The first-order valence-corrected chi connectivity index (χ1v) is 8.54. The Bertz CT molecular complexity index is 461. The Morgan fingerprint density at radius 2 is 1.46 bits per heavy atom. The number of ether oxygens (including phenoxy) is 3. The Hall–Kier alpha value is -1.14. The van der Waals surface area contributed by atoms with Gasteiger partial charge in [0.25, 0.3) is 0 Å². The molecule has 6 heteroatoms. The van der Waals surface area contributed by atoms with Crippen molar-refractivity contribution in [1.29, 1.82) is 0 Å². The van der Waals surface area contributed by atoms with Crippen molar-refractivity contribution in [2.75, 3.05) is 6.61 Å². The van der Waals surface area contributed by atoms with Crippen molar-refractivity contribution in [2.45, 2.75) is 73.8 Å². The highest BCUT2D eigenvalue weighted by Crippen LogP contribution is 2.33. The molecule has 0 aromatic rings. The number of hydrogen-bond acceptors (Lipinski definition) is 6. The van der Waals surface area contributed by atoms with Crippen molar-refractivity contribution in [1.82, 2.24) is 0 Å². The van der Waals surface area contributed by atoms with Crippen molar-refractivity contribution in [2.24, 2.45) is 28.4 Å². The van der Waals surface area contributed by atoms with Crippen LogP contribution in [0.1, 0.15) is 55.4 Å². The highest BCUT2D eigenvalue weighted by Gasteiger charge is 2.44. The summed E-state index contributed by atoms with van der Waals surface area (Å²) < 4.78 is 16.7. The van der Waals surface area contributed by atoms with E-state index in [1.165, 1.54) is 0 Å². The molecule has 0 aromatic carbocycles. The molecule has 0 bridgehead atoms. The van der Waals surface area contributed by atoms with Crippen LogP contribution >= 0.6 is 0 Å². The molecule has 0 spiro atoms. The van der Waals surface area contributed by atoms with E-state index >= 15 is 0 Å². The summed E-state index contributed by atoms with van der Waals surface area (Å²) in [4.78, 5) is 24.1. The second-order valence-corrected chi connectivity index (χ2v) is 8.83. The van der Waals surface area contributed by atoms with E-state index in [1.807, 2.05) is 13.8 Å². The van der Waals surface area contributed by atoms with E-state index in [2.05, 4.69) is 0 Å². The normalized spacial score (nSPS) is 31.5. The Labute approximate surface area is 145 Å². The van der Waals surface area contributed by atoms with E-state index in [9.17, 15) is 9.59 Å². The van der Waals surface area contributed by atoms with Crippen LogP contribution in [0, 0.1) is 22.7 Å². The predicted octanol–water partition coefficient (Wildman–Crippen LogP) is 2.49. The maximum absolute atomic E-state index is 12.1. The summed E-state index contributed by atoms with van der Waals surface area (Å²) in [6, 6.07) is 0. The molecule has 1 aliphatic heterocycles. The molecule has 0 aliphatic carbocycles. The molecule has 6 nitrogen and oxygen atoms in total. The van der Waals surface area contributed by atoms with Crippen molar-refractivity contribution in [3.63, 3.8) is 0 Å². The van der Waals surface area contributed by atoms with Crippen LogP contribution in [0.2, 0.25) is 0 Å². The van der Waals surface area contributed by atoms with Gasteiger partial charge < -0.3 is 19.9 Å². The molecule has 1 aliphatic rings. The van der Waals surface area contributed by atoms with Gasteiger partial charge in [0.2, 0.25) is 0 Å². The van der Waals surface area contributed by atoms with Crippen LogP contribution in [0.5, 0.6) is 0 Å². The van der Waals surface area contributed by atoms with Gasteiger partial charge in [0.15, 0.2) is 0 Å². The van der Waals surface area contributed by atoms with Crippen molar-refractivity contribution >= 4 is 11.9 Å². The fourth-order valence-corrected chi connectivity index (χ4v) is 2.38. The average Bonchev–Trinajstić information content (AvgIpc) is 2.43. The van der Waals surface area contributed by atoms with Gasteiger partial charge in [-0.1, -0.05) is 13.8 Å². The highest BCUT2D eigenvalue weighted by atomic mass is 16.6. The topological polar surface area (TPSA) is 87.8 Å². The first kappa shape index (κ1) is 20.9. The van der Waals surface area contributed by atoms with Crippen molar-refractivity contribution in [3.05, 3.63) is 0 Å². The lowest BCUT2D eigenvalue weighted by Gasteiger charge is -2.43. The molecule has 24 heavy (non-hydrogen) atoms. The monoisotopic (exact) mass is 343 g/mol. The average molecular weight is 343 g/mol. The molecule has 1 heterocycles. The molecule has 5 atom stereocenters. The summed E-state index contributed by atoms with van der Waals surface area (Å²) in [6.07, 6.45) is -1.56. The minimum absolute atomic E-state index is 0.00149. The lowest BCUT2D eigenvalue weighted by Crippen LogP contribution is -2.56. The third-order valence-electron chi connectivity index (χ3n) is 4.44. The second-order valence-electron chi connectivity index (χ2n) is 8.83. The van der Waals surface area contributed by atoms with Crippen LogP contribution in [0.25, 0.3) is 0 Å². The summed E-state index contributed by atoms with van der Waals surface area (Å²) in [5, 5.41) is 0. The van der Waals surface area contributed by atoms with Crippen LogP contribution in [-0.2, 0) is 23.8 Å². The zero-order valence-corrected chi connectivity index (χ0v) is 16.2. The van der Waals surface area contributed by atoms with Gasteiger partial charge in [-0.15, -0.1) is 0 Å². The van der Waals surface area contributed by atoms with Gasteiger partial charge in [-0.3, -0.25) is 9.59 Å². The summed E-state index contributed by atoms with van der Waals surface area (Å²) in [5.41, 5.74) is 4.91. The molecule has 1 saturated heterocycles. The van der Waals surface area contributed by atoms with Gasteiger partial charge >= 0.3 is 11.9 Å². The first-order chi connectivity index (χ1) is 10.7. The molecule has 1 fully saturated rings. The number of carbonyl (C=O) groups excluding carboxylic acids is 2.